The van der Waals surface area contributed by atoms with Crippen LogP contribution in [0.25, 0.3) is 5.65 Å². The van der Waals surface area contributed by atoms with Crippen LogP contribution in [0, 0.1) is 11.6 Å². The van der Waals surface area contributed by atoms with Crippen molar-refractivity contribution in [3.63, 3.8) is 0 Å². The van der Waals surface area contributed by atoms with E-state index in [-0.39, 0.29) is 0 Å². The van der Waals surface area contributed by atoms with E-state index in [1.165, 1.54) is 12.1 Å². The number of halogens is 2. The highest BCUT2D eigenvalue weighted by Crippen LogP contribution is 2.19. The van der Waals surface area contributed by atoms with Crippen molar-refractivity contribution in [3.05, 3.63) is 54.1 Å². The molecule has 1 aliphatic heterocycles. The summed E-state index contributed by atoms with van der Waals surface area (Å²) < 4.78 is 28.8. The van der Waals surface area contributed by atoms with E-state index in [1.54, 1.807) is 12.5 Å². The van der Waals surface area contributed by atoms with Gasteiger partial charge in [0, 0.05) is 56.7 Å². The van der Waals surface area contributed by atoms with E-state index >= 15 is 0 Å². The molecule has 0 radical (unpaired) electrons. The Morgan fingerprint density at radius 1 is 1.08 bits per heavy atom. The van der Waals surface area contributed by atoms with Gasteiger partial charge in [-0.2, -0.15) is 0 Å². The number of hydrogen-bond donors (Lipinski definition) is 0. The minimum atomic E-state index is -0.546. The lowest BCUT2D eigenvalue weighted by molar-refractivity contribution is 0.281. The Labute approximate surface area is 143 Å². The Morgan fingerprint density at radius 2 is 2.00 bits per heavy atom. The Kier molecular flexibility index (Phi) is 4.27. The summed E-state index contributed by atoms with van der Waals surface area (Å²) in [6, 6.07) is 3.76. The number of aromatic nitrogens is 4. The molecule has 1 aromatic carbocycles. The van der Waals surface area contributed by atoms with E-state index in [0.29, 0.717) is 12.1 Å². The summed E-state index contributed by atoms with van der Waals surface area (Å²) in [5.41, 5.74) is 1.26. The molecule has 1 fully saturated rings. The highest BCUT2D eigenvalue weighted by atomic mass is 19.1. The van der Waals surface area contributed by atoms with Gasteiger partial charge in [-0.25, -0.2) is 13.8 Å². The molecule has 25 heavy (non-hydrogen) atoms. The molecule has 1 aliphatic rings. The summed E-state index contributed by atoms with van der Waals surface area (Å²) >= 11 is 0. The molecule has 1 saturated heterocycles. The van der Waals surface area contributed by atoms with Crippen LogP contribution in [0.15, 0.2) is 36.9 Å². The van der Waals surface area contributed by atoms with Gasteiger partial charge < -0.3 is 4.90 Å². The van der Waals surface area contributed by atoms with Gasteiger partial charge in [0.25, 0.3) is 0 Å². The molecule has 4 rings (SSSR count). The molecule has 3 heterocycles. The van der Waals surface area contributed by atoms with Crippen LogP contribution in [0.5, 0.6) is 0 Å². The fraction of sp³-hybridized carbons (Fsp3) is 0.353. The van der Waals surface area contributed by atoms with Crippen LogP contribution in [-0.4, -0.2) is 50.7 Å². The maximum atomic E-state index is 13.9. The third kappa shape index (κ3) is 3.30. The van der Waals surface area contributed by atoms with Gasteiger partial charge in [-0.05, 0) is 12.5 Å². The van der Waals surface area contributed by atoms with Crippen molar-refractivity contribution in [2.24, 2.45) is 0 Å². The molecule has 0 atom stereocenters. The zero-order valence-corrected chi connectivity index (χ0v) is 13.6. The van der Waals surface area contributed by atoms with Crippen molar-refractivity contribution in [2.75, 3.05) is 31.1 Å². The van der Waals surface area contributed by atoms with Crippen molar-refractivity contribution < 1.29 is 8.78 Å². The Bertz CT molecular complexity index is 880. The van der Waals surface area contributed by atoms with Gasteiger partial charge in [0.05, 0.1) is 0 Å². The van der Waals surface area contributed by atoms with Gasteiger partial charge in [-0.3, -0.25) is 9.30 Å². The quantitative estimate of drug-likeness (QED) is 0.728. The largest absolute Gasteiger partial charge is 0.352 e. The molecule has 0 aliphatic carbocycles. The summed E-state index contributed by atoms with van der Waals surface area (Å²) in [6.45, 7) is 3.71. The van der Waals surface area contributed by atoms with Crippen LogP contribution in [0.2, 0.25) is 0 Å². The first-order chi connectivity index (χ1) is 12.2. The van der Waals surface area contributed by atoms with Crippen LogP contribution < -0.4 is 4.90 Å². The molecule has 2 aromatic heterocycles. The van der Waals surface area contributed by atoms with Crippen LogP contribution in [0.3, 0.4) is 0 Å². The third-order valence-corrected chi connectivity index (χ3v) is 4.49. The monoisotopic (exact) mass is 344 g/mol. The molecular formula is C17H18F2N6. The highest BCUT2D eigenvalue weighted by Gasteiger charge is 2.19. The van der Waals surface area contributed by atoms with E-state index in [4.69, 9.17) is 0 Å². The Morgan fingerprint density at radius 3 is 2.88 bits per heavy atom. The van der Waals surface area contributed by atoms with Crippen molar-refractivity contribution >= 4 is 11.5 Å². The first-order valence-electron chi connectivity index (χ1n) is 8.26. The fourth-order valence-corrected chi connectivity index (χ4v) is 3.20. The van der Waals surface area contributed by atoms with Crippen molar-refractivity contribution in [2.45, 2.75) is 13.0 Å². The van der Waals surface area contributed by atoms with Crippen molar-refractivity contribution in [3.8, 4) is 0 Å². The lowest BCUT2D eigenvalue weighted by atomic mass is 10.2. The topological polar surface area (TPSA) is 49.6 Å². The average Bonchev–Trinajstić information content (AvgIpc) is 2.97. The van der Waals surface area contributed by atoms with Gasteiger partial charge in [0.15, 0.2) is 5.82 Å². The minimum absolute atomic E-state index is 0.475. The Hall–Kier alpha value is -2.61. The summed E-state index contributed by atoms with van der Waals surface area (Å²) in [6.07, 6.45) is 6.14. The molecule has 0 unspecified atom stereocenters. The zero-order valence-electron chi connectivity index (χ0n) is 13.6. The number of nitrogens with zero attached hydrogens (tertiary/aromatic N) is 6. The molecular weight excluding hydrogens is 326 g/mol. The summed E-state index contributed by atoms with van der Waals surface area (Å²) in [7, 11) is 0. The molecule has 6 nitrogen and oxygen atoms in total. The van der Waals surface area contributed by atoms with E-state index in [0.717, 1.165) is 50.1 Å². The van der Waals surface area contributed by atoms with E-state index in [1.807, 2.05) is 10.6 Å². The number of benzene rings is 1. The fourth-order valence-electron chi connectivity index (χ4n) is 3.20. The number of fused-ring (bicyclic) bond motifs is 1. The van der Waals surface area contributed by atoms with Gasteiger partial charge in [-0.1, -0.05) is 6.07 Å². The second-order valence-electron chi connectivity index (χ2n) is 6.17. The van der Waals surface area contributed by atoms with Crippen LogP contribution in [-0.2, 0) is 6.54 Å². The molecule has 0 amide bonds. The lowest BCUT2D eigenvalue weighted by Gasteiger charge is -2.23. The van der Waals surface area contributed by atoms with Gasteiger partial charge in [0.2, 0.25) is 5.65 Å². The first-order valence-corrected chi connectivity index (χ1v) is 8.26. The number of anilines is 1. The van der Waals surface area contributed by atoms with E-state index in [9.17, 15) is 8.78 Å². The molecule has 8 heteroatoms. The maximum absolute atomic E-state index is 13.9. The average molecular weight is 344 g/mol. The predicted molar refractivity (Wildman–Crippen MR) is 89.2 cm³/mol. The number of rotatable bonds is 3. The van der Waals surface area contributed by atoms with Crippen molar-refractivity contribution in [1.82, 2.24) is 24.5 Å². The van der Waals surface area contributed by atoms with Crippen LogP contribution in [0.4, 0.5) is 14.6 Å². The normalized spacial score (nSPS) is 16.3. The molecule has 0 spiro atoms. The SMILES string of the molecule is Fc1ccc(CN2CCCN(c3nccn4cnnc34)CC2)c(F)c1. The summed E-state index contributed by atoms with van der Waals surface area (Å²) in [4.78, 5) is 8.83. The molecule has 0 N–H and O–H groups in total. The van der Waals surface area contributed by atoms with E-state index in [2.05, 4.69) is 25.0 Å². The summed E-state index contributed by atoms with van der Waals surface area (Å²) in [5, 5.41) is 8.07. The van der Waals surface area contributed by atoms with Gasteiger partial charge in [0.1, 0.15) is 18.0 Å². The lowest BCUT2D eigenvalue weighted by Crippen LogP contribution is -2.31. The molecule has 0 bridgehead atoms. The second kappa shape index (κ2) is 6.72. The molecule has 130 valence electrons. The van der Waals surface area contributed by atoms with Crippen molar-refractivity contribution in [1.29, 1.82) is 0 Å². The second-order valence-corrected chi connectivity index (χ2v) is 6.17. The molecule has 0 saturated carbocycles. The van der Waals surface area contributed by atoms with Crippen LogP contribution in [0.1, 0.15) is 12.0 Å². The van der Waals surface area contributed by atoms with Crippen LogP contribution >= 0.6 is 0 Å². The standard InChI is InChI=1S/C17H18F2N6/c18-14-3-2-13(15(19)10-14)11-23-5-1-6-24(9-8-23)16-17-22-21-12-25(17)7-4-20-16/h2-4,7,10,12H,1,5-6,8-9,11H2. The highest BCUT2D eigenvalue weighted by molar-refractivity contribution is 5.63. The maximum Gasteiger partial charge on any atom is 0.203 e. The third-order valence-electron chi connectivity index (χ3n) is 4.49. The first kappa shape index (κ1) is 15.9. The van der Waals surface area contributed by atoms with Gasteiger partial charge >= 0.3 is 0 Å². The smallest absolute Gasteiger partial charge is 0.203 e. The Balaban J connectivity index is 1.48. The minimum Gasteiger partial charge on any atom is -0.352 e. The molecule has 3 aromatic rings. The summed E-state index contributed by atoms with van der Waals surface area (Å²) in [5.74, 6) is -0.221. The van der Waals surface area contributed by atoms with Gasteiger partial charge in [-0.15, -0.1) is 10.2 Å². The number of hydrogen-bond acceptors (Lipinski definition) is 5. The predicted octanol–water partition coefficient (Wildman–Crippen LogP) is 2.11. The zero-order chi connectivity index (χ0) is 17.2. The van der Waals surface area contributed by atoms with E-state index < -0.39 is 11.6 Å².